The monoisotopic (exact) mass is 356 g/mol. The minimum Gasteiger partial charge on any atom is -0.372 e. The van der Waals surface area contributed by atoms with Crippen molar-refractivity contribution >= 4 is 17.5 Å². The van der Waals surface area contributed by atoms with Crippen LogP contribution in [-0.2, 0) is 4.74 Å². The first-order valence-corrected chi connectivity index (χ1v) is 8.54. The first-order valence-electron chi connectivity index (χ1n) is 8.54. The Morgan fingerprint density at radius 3 is 2.46 bits per heavy atom. The molecule has 1 aliphatic rings. The van der Waals surface area contributed by atoms with Gasteiger partial charge in [-0.25, -0.2) is 4.39 Å². The molecule has 3 rings (SSSR count). The molecule has 0 unspecified atom stereocenters. The Morgan fingerprint density at radius 2 is 1.77 bits per heavy atom. The lowest BCUT2D eigenvalue weighted by molar-refractivity contribution is -0.0585. The van der Waals surface area contributed by atoms with Crippen LogP contribution in [0.4, 0.5) is 10.1 Å². The Morgan fingerprint density at radius 1 is 1.08 bits per heavy atom. The first kappa shape index (κ1) is 18.1. The maximum atomic E-state index is 13.3. The van der Waals surface area contributed by atoms with Gasteiger partial charge in [0.05, 0.1) is 23.5 Å². The van der Waals surface area contributed by atoms with Crippen molar-refractivity contribution in [2.45, 2.75) is 26.1 Å². The van der Waals surface area contributed by atoms with E-state index in [1.807, 2.05) is 13.8 Å². The van der Waals surface area contributed by atoms with E-state index in [1.165, 1.54) is 18.2 Å². The smallest absolute Gasteiger partial charge is 0.256 e. The van der Waals surface area contributed by atoms with E-state index in [1.54, 1.807) is 29.2 Å². The molecule has 6 heteroatoms. The van der Waals surface area contributed by atoms with Gasteiger partial charge in [0.25, 0.3) is 11.8 Å². The number of para-hydroxylation sites is 1. The molecule has 136 valence electrons. The number of ether oxygens (including phenoxy) is 1. The van der Waals surface area contributed by atoms with Crippen molar-refractivity contribution in [1.82, 2.24) is 4.90 Å². The van der Waals surface area contributed by atoms with Crippen molar-refractivity contribution in [3.8, 4) is 0 Å². The van der Waals surface area contributed by atoms with Crippen LogP contribution >= 0.6 is 0 Å². The number of hydrogen-bond donors (Lipinski definition) is 1. The summed E-state index contributed by atoms with van der Waals surface area (Å²) in [5.74, 6) is -1.12. The van der Waals surface area contributed by atoms with Crippen LogP contribution in [0.15, 0.2) is 48.5 Å². The topological polar surface area (TPSA) is 58.6 Å². The van der Waals surface area contributed by atoms with Crippen LogP contribution in [-0.4, -0.2) is 42.0 Å². The molecule has 0 aromatic heterocycles. The van der Waals surface area contributed by atoms with E-state index in [2.05, 4.69) is 5.32 Å². The number of nitrogens with one attached hydrogen (secondary N) is 1. The highest BCUT2D eigenvalue weighted by atomic mass is 19.1. The number of morpholine rings is 1. The molecule has 26 heavy (non-hydrogen) atoms. The molecule has 1 heterocycles. The SMILES string of the molecule is C[C@@H]1CN(C(=O)c2ccccc2NC(=O)c2cccc(F)c2)C[C@@H](C)O1. The summed E-state index contributed by atoms with van der Waals surface area (Å²) in [6, 6.07) is 12.2. The van der Waals surface area contributed by atoms with Crippen molar-refractivity contribution < 1.29 is 18.7 Å². The number of halogens is 1. The third-order valence-corrected chi connectivity index (χ3v) is 4.20. The summed E-state index contributed by atoms with van der Waals surface area (Å²) < 4.78 is 19.0. The zero-order valence-electron chi connectivity index (χ0n) is 14.7. The van der Waals surface area contributed by atoms with Gasteiger partial charge in [0, 0.05) is 18.7 Å². The molecule has 0 radical (unpaired) electrons. The largest absolute Gasteiger partial charge is 0.372 e. The van der Waals surface area contributed by atoms with Gasteiger partial charge in [0.15, 0.2) is 0 Å². The predicted octanol–water partition coefficient (Wildman–Crippen LogP) is 3.33. The van der Waals surface area contributed by atoms with Gasteiger partial charge in [-0.2, -0.15) is 0 Å². The number of hydrogen-bond acceptors (Lipinski definition) is 3. The molecule has 1 aliphatic heterocycles. The van der Waals surface area contributed by atoms with E-state index in [9.17, 15) is 14.0 Å². The summed E-state index contributed by atoms with van der Waals surface area (Å²) >= 11 is 0. The zero-order chi connectivity index (χ0) is 18.7. The lowest BCUT2D eigenvalue weighted by atomic mass is 10.1. The summed E-state index contributed by atoms with van der Waals surface area (Å²) in [6.07, 6.45) is -0.0894. The minimum absolute atomic E-state index is 0.0447. The standard InChI is InChI=1S/C20H21FN2O3/c1-13-11-23(12-14(2)26-13)20(25)17-8-3-4-9-18(17)22-19(24)15-6-5-7-16(21)10-15/h3-10,13-14H,11-12H2,1-2H3,(H,22,24)/t13-,14-/m1/s1. The highest BCUT2D eigenvalue weighted by Crippen LogP contribution is 2.21. The van der Waals surface area contributed by atoms with E-state index in [4.69, 9.17) is 4.74 Å². The zero-order valence-corrected chi connectivity index (χ0v) is 14.7. The molecule has 1 fully saturated rings. The van der Waals surface area contributed by atoms with E-state index in [0.717, 1.165) is 6.07 Å². The van der Waals surface area contributed by atoms with Crippen molar-refractivity contribution in [3.05, 3.63) is 65.5 Å². The van der Waals surface area contributed by atoms with Crippen LogP contribution in [0, 0.1) is 5.82 Å². The minimum atomic E-state index is -0.488. The van der Waals surface area contributed by atoms with E-state index >= 15 is 0 Å². The third-order valence-electron chi connectivity index (χ3n) is 4.20. The van der Waals surface area contributed by atoms with Gasteiger partial charge in [-0.15, -0.1) is 0 Å². The Bertz CT molecular complexity index is 814. The second-order valence-electron chi connectivity index (χ2n) is 6.48. The fourth-order valence-electron chi connectivity index (χ4n) is 3.12. The molecule has 1 N–H and O–H groups in total. The lowest BCUT2D eigenvalue weighted by Crippen LogP contribution is -2.48. The van der Waals surface area contributed by atoms with Crippen molar-refractivity contribution in [3.63, 3.8) is 0 Å². The van der Waals surface area contributed by atoms with Crippen molar-refractivity contribution in [2.24, 2.45) is 0 Å². The van der Waals surface area contributed by atoms with Gasteiger partial charge in [0.2, 0.25) is 0 Å². The van der Waals surface area contributed by atoms with Crippen LogP contribution in [0.25, 0.3) is 0 Å². The Hall–Kier alpha value is -2.73. The van der Waals surface area contributed by atoms with Gasteiger partial charge in [-0.1, -0.05) is 18.2 Å². The molecule has 0 aliphatic carbocycles. The fourth-order valence-corrected chi connectivity index (χ4v) is 3.12. The summed E-state index contributed by atoms with van der Waals surface area (Å²) in [4.78, 5) is 27.1. The normalized spacial score (nSPS) is 19.9. The number of carbonyl (C=O) groups excluding carboxylic acids is 2. The van der Waals surface area contributed by atoms with Gasteiger partial charge in [-0.05, 0) is 44.2 Å². The molecule has 0 bridgehead atoms. The summed E-state index contributed by atoms with van der Waals surface area (Å²) in [7, 11) is 0. The van der Waals surface area contributed by atoms with Crippen LogP contribution in [0.1, 0.15) is 34.6 Å². The average Bonchev–Trinajstić information content (AvgIpc) is 2.61. The molecule has 5 nitrogen and oxygen atoms in total. The highest BCUT2D eigenvalue weighted by molar-refractivity contribution is 6.09. The quantitative estimate of drug-likeness (QED) is 0.918. The van der Waals surface area contributed by atoms with Gasteiger partial charge >= 0.3 is 0 Å². The van der Waals surface area contributed by atoms with E-state index in [-0.39, 0.29) is 23.7 Å². The summed E-state index contributed by atoms with van der Waals surface area (Å²) in [5, 5.41) is 2.71. The van der Waals surface area contributed by atoms with Crippen LogP contribution < -0.4 is 5.32 Å². The van der Waals surface area contributed by atoms with Gasteiger partial charge in [-0.3, -0.25) is 9.59 Å². The molecule has 2 aromatic rings. The van der Waals surface area contributed by atoms with E-state index < -0.39 is 11.7 Å². The summed E-state index contributed by atoms with van der Waals surface area (Å²) in [6.45, 7) is 4.84. The molecule has 2 aromatic carbocycles. The Labute approximate surface area is 151 Å². The molecule has 0 spiro atoms. The highest BCUT2D eigenvalue weighted by Gasteiger charge is 2.28. The van der Waals surface area contributed by atoms with Crippen LogP contribution in [0.5, 0.6) is 0 Å². The molecule has 1 saturated heterocycles. The second kappa shape index (κ2) is 7.66. The first-order chi connectivity index (χ1) is 12.4. The molecular weight excluding hydrogens is 335 g/mol. The molecule has 2 atom stereocenters. The van der Waals surface area contributed by atoms with Gasteiger partial charge in [0.1, 0.15) is 5.82 Å². The maximum Gasteiger partial charge on any atom is 0.256 e. The third kappa shape index (κ3) is 4.08. The number of rotatable bonds is 3. The predicted molar refractivity (Wildman–Crippen MR) is 96.7 cm³/mol. The number of benzene rings is 2. The molecule has 0 saturated carbocycles. The lowest BCUT2D eigenvalue weighted by Gasteiger charge is -2.35. The maximum absolute atomic E-state index is 13.3. The number of carbonyl (C=O) groups is 2. The number of amides is 2. The van der Waals surface area contributed by atoms with Crippen LogP contribution in [0.2, 0.25) is 0 Å². The van der Waals surface area contributed by atoms with Gasteiger partial charge < -0.3 is 15.0 Å². The van der Waals surface area contributed by atoms with Crippen LogP contribution in [0.3, 0.4) is 0 Å². The fraction of sp³-hybridized carbons (Fsp3) is 0.300. The molecule has 2 amide bonds. The van der Waals surface area contributed by atoms with Crippen molar-refractivity contribution in [2.75, 3.05) is 18.4 Å². The number of anilines is 1. The summed E-state index contributed by atoms with van der Waals surface area (Å²) in [5.41, 5.74) is 0.998. The average molecular weight is 356 g/mol. The van der Waals surface area contributed by atoms with Crippen molar-refractivity contribution in [1.29, 1.82) is 0 Å². The molecular formula is C20H21FN2O3. The second-order valence-corrected chi connectivity index (χ2v) is 6.48. The van der Waals surface area contributed by atoms with E-state index in [0.29, 0.717) is 24.3 Å². The number of nitrogens with zero attached hydrogens (tertiary/aromatic N) is 1. The Balaban J connectivity index is 1.82. The Kier molecular flexibility index (Phi) is 5.32.